The summed E-state index contributed by atoms with van der Waals surface area (Å²) in [4.78, 5) is 6.12. The number of aromatic nitrogens is 1. The highest BCUT2D eigenvalue weighted by molar-refractivity contribution is 7.93. The maximum Gasteiger partial charge on any atom is 0.185 e. The van der Waals surface area contributed by atoms with E-state index in [2.05, 4.69) is 22.4 Å². The van der Waals surface area contributed by atoms with Crippen LogP contribution in [0.5, 0.6) is 5.75 Å². The van der Waals surface area contributed by atoms with Crippen molar-refractivity contribution in [2.24, 2.45) is 0 Å². The van der Waals surface area contributed by atoms with E-state index >= 15 is 0 Å². The number of ether oxygens (including phenoxy) is 1. The molecule has 2 aromatic rings. The zero-order chi connectivity index (χ0) is 22.8. The molecule has 1 fully saturated rings. The van der Waals surface area contributed by atoms with E-state index in [-0.39, 0.29) is 5.25 Å². The number of nitrogens with zero attached hydrogens (tertiary/aromatic N) is 2. The van der Waals surface area contributed by atoms with Gasteiger partial charge in [-0.1, -0.05) is 36.4 Å². The summed E-state index contributed by atoms with van der Waals surface area (Å²) in [6, 6.07) is 8.11. The molecule has 2 heterocycles. The van der Waals surface area contributed by atoms with E-state index in [1.165, 1.54) is 5.56 Å². The van der Waals surface area contributed by atoms with Crippen LogP contribution in [0.2, 0.25) is 0 Å². The summed E-state index contributed by atoms with van der Waals surface area (Å²) in [7, 11) is -3.37. The third kappa shape index (κ3) is 5.05. The molecule has 2 atom stereocenters. The lowest BCUT2D eigenvalue weighted by molar-refractivity contribution is 0.340. The van der Waals surface area contributed by atoms with Gasteiger partial charge in [-0.3, -0.25) is 0 Å². The quantitative estimate of drug-likeness (QED) is 0.508. The molecule has 0 bridgehead atoms. The van der Waals surface area contributed by atoms with E-state index in [0.717, 1.165) is 23.0 Å². The standard InChI is InChI=1S/C24H29ClN2O3S2/c1-3-30-20-9-7-18(8-10-20)16-19-17-31-23(26-19)27-14-11-21(12-15-27)32(28,29)22-6-4-5-13-24(22,2)25/h4-10,13,17,21-22H,3,11-12,14-16H2,1-2H3. The topological polar surface area (TPSA) is 59.5 Å². The predicted octanol–water partition coefficient (Wildman–Crippen LogP) is 5.01. The minimum atomic E-state index is -3.37. The first-order valence-corrected chi connectivity index (χ1v) is 13.8. The minimum Gasteiger partial charge on any atom is -0.494 e. The SMILES string of the molecule is CCOc1ccc(Cc2csc(N3CCC(S(=O)(=O)C4C=CC=CC4(C)Cl)CC3)n2)cc1. The molecule has 0 amide bonds. The van der Waals surface area contributed by atoms with Gasteiger partial charge in [-0.25, -0.2) is 13.4 Å². The molecule has 1 saturated heterocycles. The molecule has 0 radical (unpaired) electrons. The van der Waals surface area contributed by atoms with Crippen molar-refractivity contribution in [3.8, 4) is 5.75 Å². The van der Waals surface area contributed by atoms with Gasteiger partial charge < -0.3 is 9.64 Å². The van der Waals surface area contributed by atoms with Gasteiger partial charge in [0.2, 0.25) is 0 Å². The molecule has 2 unspecified atom stereocenters. The molecule has 4 rings (SSSR count). The number of anilines is 1. The Morgan fingerprint density at radius 2 is 1.94 bits per heavy atom. The van der Waals surface area contributed by atoms with Gasteiger partial charge in [-0.2, -0.15) is 0 Å². The molecule has 1 aliphatic carbocycles. The summed E-state index contributed by atoms with van der Waals surface area (Å²) in [5, 5.41) is 2.00. The lowest BCUT2D eigenvalue weighted by Crippen LogP contribution is -2.47. The number of allylic oxidation sites excluding steroid dienone is 3. The molecule has 0 saturated carbocycles. The average molecular weight is 493 g/mol. The molecule has 172 valence electrons. The van der Waals surface area contributed by atoms with Gasteiger partial charge in [-0.15, -0.1) is 22.9 Å². The van der Waals surface area contributed by atoms with Crippen molar-refractivity contribution in [3.63, 3.8) is 0 Å². The van der Waals surface area contributed by atoms with Crippen LogP contribution in [0, 0.1) is 0 Å². The molecule has 1 aliphatic heterocycles. The summed E-state index contributed by atoms with van der Waals surface area (Å²) in [5.41, 5.74) is 2.22. The van der Waals surface area contributed by atoms with Crippen LogP contribution in [0.25, 0.3) is 0 Å². The smallest absolute Gasteiger partial charge is 0.185 e. The van der Waals surface area contributed by atoms with Crippen LogP contribution in [0.3, 0.4) is 0 Å². The molecule has 5 nitrogen and oxygen atoms in total. The number of sulfone groups is 1. The van der Waals surface area contributed by atoms with Gasteiger partial charge >= 0.3 is 0 Å². The third-order valence-electron chi connectivity index (χ3n) is 6.07. The molecule has 2 aliphatic rings. The highest BCUT2D eigenvalue weighted by atomic mass is 35.5. The monoisotopic (exact) mass is 492 g/mol. The van der Waals surface area contributed by atoms with Crippen LogP contribution in [0.15, 0.2) is 53.9 Å². The number of benzene rings is 1. The number of halogens is 1. The van der Waals surface area contributed by atoms with Crippen molar-refractivity contribution in [2.45, 2.75) is 48.5 Å². The van der Waals surface area contributed by atoms with Gasteiger partial charge in [0.1, 0.15) is 11.0 Å². The van der Waals surface area contributed by atoms with Crippen LogP contribution in [-0.4, -0.2) is 48.5 Å². The van der Waals surface area contributed by atoms with Crippen molar-refractivity contribution in [2.75, 3.05) is 24.6 Å². The second kappa shape index (κ2) is 9.57. The van der Waals surface area contributed by atoms with Crippen LogP contribution >= 0.6 is 22.9 Å². The van der Waals surface area contributed by atoms with Gasteiger partial charge in [-0.05, 0) is 44.4 Å². The first-order valence-electron chi connectivity index (χ1n) is 11.0. The lowest BCUT2D eigenvalue weighted by atomic mass is 10.0. The first kappa shape index (κ1) is 23.3. The van der Waals surface area contributed by atoms with Crippen molar-refractivity contribution < 1.29 is 13.2 Å². The molecule has 32 heavy (non-hydrogen) atoms. The zero-order valence-corrected chi connectivity index (χ0v) is 20.8. The fourth-order valence-corrected chi connectivity index (χ4v) is 8.02. The van der Waals surface area contributed by atoms with E-state index < -0.39 is 20.0 Å². The van der Waals surface area contributed by atoms with Crippen LogP contribution < -0.4 is 9.64 Å². The number of piperidine rings is 1. The molecule has 0 spiro atoms. The highest BCUT2D eigenvalue weighted by Gasteiger charge is 2.44. The van der Waals surface area contributed by atoms with E-state index in [1.807, 2.05) is 25.1 Å². The minimum absolute atomic E-state index is 0.374. The Balaban J connectivity index is 1.36. The average Bonchev–Trinajstić information content (AvgIpc) is 3.23. The van der Waals surface area contributed by atoms with Crippen molar-refractivity contribution in [3.05, 3.63) is 65.2 Å². The number of rotatable bonds is 7. The van der Waals surface area contributed by atoms with Gasteiger partial charge in [0.25, 0.3) is 0 Å². The normalized spacial score (nSPS) is 24.1. The fraction of sp³-hybridized carbons (Fsp3) is 0.458. The van der Waals surface area contributed by atoms with Gasteiger partial charge in [0.15, 0.2) is 15.0 Å². The number of hydrogen-bond donors (Lipinski definition) is 0. The molecule has 8 heteroatoms. The maximum absolute atomic E-state index is 13.3. The van der Waals surface area contributed by atoms with Crippen molar-refractivity contribution in [1.29, 1.82) is 0 Å². The second-order valence-electron chi connectivity index (χ2n) is 8.47. The summed E-state index contributed by atoms with van der Waals surface area (Å²) in [5.74, 6) is 0.877. The Morgan fingerprint density at radius 3 is 2.59 bits per heavy atom. The largest absolute Gasteiger partial charge is 0.494 e. The maximum atomic E-state index is 13.3. The lowest BCUT2D eigenvalue weighted by Gasteiger charge is -2.36. The van der Waals surface area contributed by atoms with Gasteiger partial charge in [0, 0.05) is 24.9 Å². The van der Waals surface area contributed by atoms with E-state index in [4.69, 9.17) is 21.3 Å². The Labute approximate surface area is 199 Å². The number of thiazole rings is 1. The Hall–Kier alpha value is -1.83. The van der Waals surface area contributed by atoms with Crippen molar-refractivity contribution >= 4 is 37.9 Å². The summed E-state index contributed by atoms with van der Waals surface area (Å²) in [6.07, 6.45) is 9.05. The van der Waals surface area contributed by atoms with Crippen LogP contribution in [0.4, 0.5) is 5.13 Å². The Kier molecular flexibility index (Phi) is 6.98. The second-order valence-corrected chi connectivity index (χ2v) is 12.5. The fourth-order valence-electron chi connectivity index (χ4n) is 4.31. The van der Waals surface area contributed by atoms with E-state index in [1.54, 1.807) is 36.5 Å². The van der Waals surface area contributed by atoms with Gasteiger partial charge in [0.05, 0.1) is 22.4 Å². The molecular weight excluding hydrogens is 464 g/mol. The number of hydrogen-bond acceptors (Lipinski definition) is 6. The van der Waals surface area contributed by atoms with Crippen LogP contribution in [0.1, 0.15) is 37.9 Å². The van der Waals surface area contributed by atoms with Crippen molar-refractivity contribution in [1.82, 2.24) is 4.98 Å². The van der Waals surface area contributed by atoms with E-state index in [0.29, 0.717) is 32.5 Å². The summed E-state index contributed by atoms with van der Waals surface area (Å²) in [6.45, 7) is 5.78. The molecule has 1 aromatic heterocycles. The molecular formula is C24H29ClN2O3S2. The first-order chi connectivity index (χ1) is 15.3. The number of alkyl halides is 1. The predicted molar refractivity (Wildman–Crippen MR) is 133 cm³/mol. The zero-order valence-electron chi connectivity index (χ0n) is 18.4. The third-order valence-corrected chi connectivity index (χ3v) is 10.3. The van der Waals surface area contributed by atoms with Crippen LogP contribution in [-0.2, 0) is 16.3 Å². The summed E-state index contributed by atoms with van der Waals surface area (Å²) >= 11 is 8.14. The molecule has 1 aromatic carbocycles. The van der Waals surface area contributed by atoms with E-state index in [9.17, 15) is 8.42 Å². The molecule has 0 N–H and O–H groups in total. The summed E-state index contributed by atoms with van der Waals surface area (Å²) < 4.78 is 32.0. The highest BCUT2D eigenvalue weighted by Crippen LogP contribution is 2.36. The Bertz CT molecular complexity index is 1080. The Morgan fingerprint density at radius 1 is 1.22 bits per heavy atom.